The van der Waals surface area contributed by atoms with Crippen molar-refractivity contribution in [1.82, 2.24) is 9.78 Å². The third-order valence-electron chi connectivity index (χ3n) is 4.61. The first-order valence-corrected chi connectivity index (χ1v) is 12.1. The molecule has 0 unspecified atom stereocenters. The number of carboxylic acids is 1. The highest BCUT2D eigenvalue weighted by Crippen LogP contribution is 2.27. The molecular weight excluding hydrogens is 446 g/mol. The van der Waals surface area contributed by atoms with Gasteiger partial charge in [0.25, 0.3) is 10.0 Å². The van der Waals surface area contributed by atoms with Crippen LogP contribution in [0.1, 0.15) is 16.1 Å². The molecule has 1 aromatic heterocycles. The number of carboxylic acid groups (broad SMARTS) is 1. The Morgan fingerprint density at radius 1 is 0.969 bits per heavy atom. The van der Waals surface area contributed by atoms with Crippen molar-refractivity contribution in [2.75, 3.05) is 4.72 Å². The largest absolute Gasteiger partial charge is 0.478 e. The lowest BCUT2D eigenvalue weighted by Crippen LogP contribution is -2.13. The molecule has 0 aliphatic carbocycles. The fraction of sp³-hybridized carbons (Fsp3) is 0.0435. The highest BCUT2D eigenvalue weighted by Gasteiger charge is 2.19. The van der Waals surface area contributed by atoms with Crippen molar-refractivity contribution in [2.24, 2.45) is 0 Å². The van der Waals surface area contributed by atoms with Crippen LogP contribution in [0.2, 0.25) is 0 Å². The molecule has 0 spiro atoms. The molecule has 3 aromatic carbocycles. The van der Waals surface area contributed by atoms with E-state index >= 15 is 0 Å². The van der Waals surface area contributed by atoms with Crippen LogP contribution in [0.15, 0.2) is 101 Å². The van der Waals surface area contributed by atoms with Crippen molar-refractivity contribution >= 4 is 33.4 Å². The summed E-state index contributed by atoms with van der Waals surface area (Å²) in [5, 5.41) is 13.9. The van der Waals surface area contributed by atoms with Crippen LogP contribution >= 0.6 is 11.8 Å². The van der Waals surface area contributed by atoms with E-state index in [-0.39, 0.29) is 10.5 Å². The Morgan fingerprint density at radius 3 is 2.34 bits per heavy atom. The van der Waals surface area contributed by atoms with Crippen LogP contribution in [0.5, 0.6) is 0 Å². The summed E-state index contributed by atoms with van der Waals surface area (Å²) in [6.45, 7) is 0. The van der Waals surface area contributed by atoms with Gasteiger partial charge in [-0.1, -0.05) is 42.5 Å². The number of aromatic nitrogens is 2. The second-order valence-corrected chi connectivity index (χ2v) is 9.52. The van der Waals surface area contributed by atoms with Gasteiger partial charge in [-0.05, 0) is 42.5 Å². The molecule has 0 bridgehead atoms. The van der Waals surface area contributed by atoms with Gasteiger partial charge in [0.15, 0.2) is 0 Å². The summed E-state index contributed by atoms with van der Waals surface area (Å²) in [4.78, 5) is 12.9. The van der Waals surface area contributed by atoms with Crippen molar-refractivity contribution < 1.29 is 18.3 Å². The van der Waals surface area contributed by atoms with Crippen molar-refractivity contribution in [2.45, 2.75) is 15.5 Å². The monoisotopic (exact) mass is 465 g/mol. The van der Waals surface area contributed by atoms with E-state index in [0.717, 1.165) is 4.90 Å². The number of aromatic carboxylic acids is 1. The predicted molar refractivity (Wildman–Crippen MR) is 124 cm³/mol. The minimum atomic E-state index is -3.75. The quantitative estimate of drug-likeness (QED) is 0.367. The van der Waals surface area contributed by atoms with Crippen LogP contribution in [-0.2, 0) is 15.8 Å². The number of hydrogen-bond acceptors (Lipinski definition) is 5. The normalized spacial score (nSPS) is 11.2. The van der Waals surface area contributed by atoms with E-state index in [0.29, 0.717) is 22.8 Å². The predicted octanol–water partition coefficient (Wildman–Crippen LogP) is 4.66. The van der Waals surface area contributed by atoms with E-state index < -0.39 is 16.0 Å². The maximum Gasteiger partial charge on any atom is 0.339 e. The summed E-state index contributed by atoms with van der Waals surface area (Å²) in [5.74, 6) is -0.688. The Hall–Kier alpha value is -3.56. The van der Waals surface area contributed by atoms with E-state index in [1.165, 1.54) is 34.8 Å². The molecular formula is C23H19N3O4S2. The lowest BCUT2D eigenvalue weighted by Gasteiger charge is -2.12. The van der Waals surface area contributed by atoms with E-state index in [1.54, 1.807) is 42.5 Å². The Kier molecular flexibility index (Phi) is 6.29. The maximum absolute atomic E-state index is 12.7. The molecule has 162 valence electrons. The van der Waals surface area contributed by atoms with Gasteiger partial charge >= 0.3 is 5.97 Å². The van der Waals surface area contributed by atoms with Gasteiger partial charge in [-0.15, -0.1) is 11.8 Å². The minimum Gasteiger partial charge on any atom is -0.478 e. The van der Waals surface area contributed by atoms with Gasteiger partial charge in [0, 0.05) is 10.6 Å². The zero-order valence-electron chi connectivity index (χ0n) is 16.8. The molecule has 9 heteroatoms. The third kappa shape index (κ3) is 4.84. The fourth-order valence-electron chi connectivity index (χ4n) is 3.10. The molecule has 0 fully saturated rings. The number of anilines is 1. The Labute approximate surface area is 189 Å². The first-order valence-electron chi connectivity index (χ1n) is 9.60. The number of benzene rings is 3. The summed E-state index contributed by atoms with van der Waals surface area (Å²) in [6, 6.07) is 24.4. The van der Waals surface area contributed by atoms with Crippen LogP contribution < -0.4 is 4.72 Å². The van der Waals surface area contributed by atoms with Crippen molar-refractivity contribution in [1.29, 1.82) is 0 Å². The summed E-state index contributed by atoms with van der Waals surface area (Å²) in [7, 11) is -3.75. The molecule has 0 amide bonds. The summed E-state index contributed by atoms with van der Waals surface area (Å²) < 4.78 is 29.4. The average Bonchev–Trinajstić information content (AvgIpc) is 3.23. The number of nitrogens with one attached hydrogen (secondary N) is 1. The van der Waals surface area contributed by atoms with Gasteiger partial charge in [-0.2, -0.15) is 5.10 Å². The molecule has 0 atom stereocenters. The van der Waals surface area contributed by atoms with Gasteiger partial charge in [-0.25, -0.2) is 17.9 Å². The highest BCUT2D eigenvalue weighted by atomic mass is 32.2. The number of carbonyl (C=O) groups is 1. The average molecular weight is 466 g/mol. The van der Waals surface area contributed by atoms with Gasteiger partial charge < -0.3 is 5.11 Å². The zero-order valence-corrected chi connectivity index (χ0v) is 18.4. The molecule has 1 heterocycles. The molecule has 0 saturated heterocycles. The topological polar surface area (TPSA) is 101 Å². The minimum absolute atomic E-state index is 0.101. The maximum atomic E-state index is 12.7. The lowest BCUT2D eigenvalue weighted by molar-refractivity contribution is 0.0696. The zero-order chi connectivity index (χ0) is 22.6. The number of thioether (sulfide) groups is 1. The Bertz CT molecular complexity index is 1340. The SMILES string of the molecule is O=C(O)c1cnn(-c2cccc(NS(=O)(=O)c3ccccc3)c2)c1CSc1ccccc1. The van der Waals surface area contributed by atoms with Crippen LogP contribution in [-0.4, -0.2) is 29.3 Å². The Balaban J connectivity index is 1.65. The summed E-state index contributed by atoms with van der Waals surface area (Å²) >= 11 is 1.49. The molecule has 0 aliphatic heterocycles. The van der Waals surface area contributed by atoms with E-state index in [9.17, 15) is 18.3 Å². The molecule has 0 radical (unpaired) electrons. The van der Waals surface area contributed by atoms with E-state index in [1.807, 2.05) is 30.3 Å². The van der Waals surface area contributed by atoms with Crippen LogP contribution in [0, 0.1) is 0 Å². The molecule has 0 aliphatic rings. The molecule has 2 N–H and O–H groups in total. The highest BCUT2D eigenvalue weighted by molar-refractivity contribution is 7.98. The summed E-state index contributed by atoms with van der Waals surface area (Å²) in [6.07, 6.45) is 1.31. The Morgan fingerprint density at radius 2 is 1.66 bits per heavy atom. The van der Waals surface area contributed by atoms with Crippen molar-refractivity contribution in [3.63, 3.8) is 0 Å². The molecule has 4 aromatic rings. The smallest absolute Gasteiger partial charge is 0.339 e. The van der Waals surface area contributed by atoms with Gasteiger partial charge in [0.05, 0.1) is 28.2 Å². The van der Waals surface area contributed by atoms with Crippen LogP contribution in [0.4, 0.5) is 5.69 Å². The van der Waals surface area contributed by atoms with Crippen LogP contribution in [0.25, 0.3) is 5.69 Å². The van der Waals surface area contributed by atoms with Crippen molar-refractivity contribution in [3.8, 4) is 5.69 Å². The van der Waals surface area contributed by atoms with Crippen LogP contribution in [0.3, 0.4) is 0 Å². The molecule has 7 nitrogen and oxygen atoms in total. The van der Waals surface area contributed by atoms with Crippen molar-refractivity contribution in [3.05, 3.63) is 102 Å². The van der Waals surface area contributed by atoms with Gasteiger partial charge in [-0.3, -0.25) is 4.72 Å². The number of rotatable bonds is 8. The van der Waals surface area contributed by atoms with E-state index in [4.69, 9.17) is 0 Å². The van der Waals surface area contributed by atoms with Gasteiger partial charge in [0.1, 0.15) is 5.56 Å². The second-order valence-electron chi connectivity index (χ2n) is 6.79. The number of sulfonamides is 1. The van der Waals surface area contributed by atoms with E-state index in [2.05, 4.69) is 9.82 Å². The molecule has 32 heavy (non-hydrogen) atoms. The first kappa shape index (κ1) is 21.7. The second kappa shape index (κ2) is 9.29. The number of nitrogens with zero attached hydrogens (tertiary/aromatic N) is 2. The first-order chi connectivity index (χ1) is 15.4. The third-order valence-corrected chi connectivity index (χ3v) is 7.03. The molecule has 4 rings (SSSR count). The fourth-order valence-corrected chi connectivity index (χ4v) is 5.10. The van der Waals surface area contributed by atoms with Gasteiger partial charge in [0.2, 0.25) is 0 Å². The standard InChI is InChI=1S/C23H19N3O4S2/c27-23(28)21-15-24-26(22(21)16-31-19-10-3-1-4-11-19)18-9-7-8-17(14-18)25-32(29,30)20-12-5-2-6-13-20/h1-15,25H,16H2,(H,27,28). The number of hydrogen-bond donors (Lipinski definition) is 2. The lowest BCUT2D eigenvalue weighted by atomic mass is 10.2. The summed E-state index contributed by atoms with van der Waals surface area (Å²) in [5.41, 5.74) is 1.51. The molecule has 0 saturated carbocycles.